The molecule has 152 valence electrons. The Bertz CT molecular complexity index is 900. The lowest BCUT2D eigenvalue weighted by molar-refractivity contribution is 0.564. The molecule has 1 N–H and O–H groups in total. The summed E-state index contributed by atoms with van der Waals surface area (Å²) in [5.41, 5.74) is 3.93. The van der Waals surface area contributed by atoms with Gasteiger partial charge in [-0.05, 0) is 84.1 Å². The highest BCUT2D eigenvalue weighted by Crippen LogP contribution is 2.34. The second-order valence-electron chi connectivity index (χ2n) is 8.77. The molecule has 5 heteroatoms. The molecule has 3 rings (SSSR count). The summed E-state index contributed by atoms with van der Waals surface area (Å²) in [6.07, 6.45) is 6.59. The average molecular weight is 403 g/mol. The van der Waals surface area contributed by atoms with E-state index >= 15 is 4.39 Å². The molecular formula is C23H31FN2OS. The van der Waals surface area contributed by atoms with E-state index in [1.54, 1.807) is 0 Å². The molecule has 3 nitrogen and oxygen atoms in total. The van der Waals surface area contributed by atoms with Gasteiger partial charge < -0.3 is 4.57 Å². The molecule has 1 aromatic heterocycles. The predicted molar refractivity (Wildman–Crippen MR) is 116 cm³/mol. The number of aromatic nitrogens is 1. The van der Waals surface area contributed by atoms with Crippen LogP contribution in [0.3, 0.4) is 0 Å². The number of benzene rings is 1. The van der Waals surface area contributed by atoms with Crippen molar-refractivity contribution in [3.05, 3.63) is 58.7 Å². The van der Waals surface area contributed by atoms with Gasteiger partial charge >= 0.3 is 0 Å². The Morgan fingerprint density at radius 3 is 2.32 bits per heavy atom. The van der Waals surface area contributed by atoms with Gasteiger partial charge in [0.2, 0.25) is 0 Å². The van der Waals surface area contributed by atoms with Crippen LogP contribution in [0.1, 0.15) is 69.1 Å². The summed E-state index contributed by atoms with van der Waals surface area (Å²) >= 11 is 0. The smallest absolute Gasteiger partial charge is 0.152 e. The van der Waals surface area contributed by atoms with Crippen LogP contribution in [0.15, 0.2) is 30.3 Å². The monoisotopic (exact) mass is 402 g/mol. The molecule has 1 aliphatic rings. The number of nitrogens with zero attached hydrogens (tertiary/aromatic N) is 1. The zero-order valence-electron chi connectivity index (χ0n) is 17.7. The third-order valence-electron chi connectivity index (χ3n) is 5.15. The first-order valence-electron chi connectivity index (χ1n) is 9.93. The van der Waals surface area contributed by atoms with Crippen LogP contribution in [0.25, 0.3) is 11.8 Å². The zero-order valence-corrected chi connectivity index (χ0v) is 18.5. The number of hydrogen-bond donors (Lipinski definition) is 1. The molecule has 2 atom stereocenters. The van der Waals surface area contributed by atoms with E-state index in [1.807, 2.05) is 76.5 Å². The quantitative estimate of drug-likeness (QED) is 0.654. The second kappa shape index (κ2) is 7.96. The number of hydrogen-bond acceptors (Lipinski definition) is 1. The first-order valence-corrected chi connectivity index (χ1v) is 11.1. The minimum Gasteiger partial charge on any atom is -0.316 e. The van der Waals surface area contributed by atoms with Gasteiger partial charge in [-0.15, -0.1) is 0 Å². The summed E-state index contributed by atoms with van der Waals surface area (Å²) in [6.45, 7) is 11.6. The number of allylic oxidation sites excluding steroid dienone is 1. The first-order chi connectivity index (χ1) is 13.1. The van der Waals surface area contributed by atoms with Crippen molar-refractivity contribution in [3.8, 4) is 5.69 Å². The van der Waals surface area contributed by atoms with E-state index in [1.165, 1.54) is 12.8 Å². The van der Waals surface area contributed by atoms with Crippen molar-refractivity contribution in [2.45, 2.75) is 65.2 Å². The fourth-order valence-corrected chi connectivity index (χ4v) is 4.12. The standard InChI is InChI=1S/C23H31FN2OS/c1-15-7-8-16(2)26(15)20-14-13-19(12-11-18-9-10-18)21(22(20)24)17(3)25-28(27)23(4,5)6/h7-8,11-14,17-18,25H,9-10H2,1-6H3/b12-11+/t17-,28?/m0/s1. The maximum Gasteiger partial charge on any atom is 0.152 e. The van der Waals surface area contributed by atoms with Crippen molar-refractivity contribution in [1.82, 2.24) is 9.29 Å². The van der Waals surface area contributed by atoms with Gasteiger partial charge in [-0.25, -0.2) is 13.3 Å². The van der Waals surface area contributed by atoms with Crippen LogP contribution in [0.5, 0.6) is 0 Å². The van der Waals surface area contributed by atoms with Crippen LogP contribution in [0.4, 0.5) is 4.39 Å². The lowest BCUT2D eigenvalue weighted by Gasteiger charge is -2.24. The molecule has 1 aliphatic carbocycles. The van der Waals surface area contributed by atoms with Crippen LogP contribution in [-0.4, -0.2) is 13.5 Å². The summed E-state index contributed by atoms with van der Waals surface area (Å²) in [7, 11) is -1.28. The maximum absolute atomic E-state index is 15.8. The van der Waals surface area contributed by atoms with Crippen molar-refractivity contribution in [1.29, 1.82) is 0 Å². The highest BCUT2D eigenvalue weighted by atomic mass is 32.2. The molecule has 1 fully saturated rings. The lowest BCUT2D eigenvalue weighted by atomic mass is 9.99. The molecule has 0 bridgehead atoms. The van der Waals surface area contributed by atoms with Gasteiger partial charge in [-0.2, -0.15) is 0 Å². The van der Waals surface area contributed by atoms with Crippen LogP contribution in [0, 0.1) is 25.6 Å². The maximum atomic E-state index is 15.8. The highest BCUT2D eigenvalue weighted by molar-refractivity contribution is 7.84. The Morgan fingerprint density at radius 2 is 1.79 bits per heavy atom. The van der Waals surface area contributed by atoms with Gasteiger partial charge in [0.05, 0.1) is 21.4 Å². The lowest BCUT2D eigenvalue weighted by Crippen LogP contribution is -2.35. The second-order valence-corrected chi connectivity index (χ2v) is 10.8. The van der Waals surface area contributed by atoms with Gasteiger partial charge in [-0.3, -0.25) is 0 Å². The van der Waals surface area contributed by atoms with E-state index < -0.39 is 15.7 Å². The molecule has 1 aromatic carbocycles. The Morgan fingerprint density at radius 1 is 1.18 bits per heavy atom. The van der Waals surface area contributed by atoms with Crippen LogP contribution >= 0.6 is 0 Å². The molecule has 1 unspecified atom stereocenters. The molecular weight excluding hydrogens is 371 g/mol. The predicted octanol–water partition coefficient (Wildman–Crippen LogP) is 5.77. The number of nitrogens with one attached hydrogen (secondary N) is 1. The first kappa shape index (κ1) is 21.0. The average Bonchev–Trinajstić information content (AvgIpc) is 3.37. The van der Waals surface area contributed by atoms with Gasteiger partial charge in [0, 0.05) is 23.0 Å². The molecule has 0 radical (unpaired) electrons. The van der Waals surface area contributed by atoms with Crippen LogP contribution < -0.4 is 4.72 Å². The third kappa shape index (κ3) is 4.47. The van der Waals surface area contributed by atoms with Crippen molar-refractivity contribution < 1.29 is 8.60 Å². The van der Waals surface area contributed by atoms with Crippen molar-refractivity contribution >= 4 is 17.1 Å². The molecule has 0 aliphatic heterocycles. The van der Waals surface area contributed by atoms with E-state index in [-0.39, 0.29) is 11.9 Å². The van der Waals surface area contributed by atoms with Crippen LogP contribution in [-0.2, 0) is 11.0 Å². The van der Waals surface area contributed by atoms with Crippen LogP contribution in [0.2, 0.25) is 0 Å². The third-order valence-corrected chi connectivity index (χ3v) is 6.83. The Kier molecular flexibility index (Phi) is 5.97. The molecule has 1 heterocycles. The van der Waals surface area contributed by atoms with E-state index in [0.29, 0.717) is 17.2 Å². The van der Waals surface area contributed by atoms with Crippen molar-refractivity contribution in [2.75, 3.05) is 0 Å². The minimum atomic E-state index is -1.28. The summed E-state index contributed by atoms with van der Waals surface area (Å²) in [6, 6.07) is 7.43. The Hall–Kier alpha value is -1.72. The molecule has 28 heavy (non-hydrogen) atoms. The largest absolute Gasteiger partial charge is 0.316 e. The molecule has 1 saturated carbocycles. The summed E-state index contributed by atoms with van der Waals surface area (Å²) in [5, 5.41) is 0. The summed E-state index contributed by atoms with van der Waals surface area (Å²) in [4.78, 5) is 0. The fraction of sp³-hybridized carbons (Fsp3) is 0.478. The van der Waals surface area contributed by atoms with Crippen molar-refractivity contribution in [2.24, 2.45) is 5.92 Å². The number of halogens is 1. The highest BCUT2D eigenvalue weighted by Gasteiger charge is 2.26. The Labute approximate surface area is 170 Å². The van der Waals surface area contributed by atoms with Gasteiger partial charge in [0.1, 0.15) is 0 Å². The Balaban J connectivity index is 2.07. The van der Waals surface area contributed by atoms with Gasteiger partial charge in [0.15, 0.2) is 5.82 Å². The van der Waals surface area contributed by atoms with Crippen molar-refractivity contribution in [3.63, 3.8) is 0 Å². The minimum absolute atomic E-state index is 0.258. The summed E-state index contributed by atoms with van der Waals surface area (Å²) in [5.74, 6) is 0.350. The molecule has 2 aromatic rings. The van der Waals surface area contributed by atoms with E-state index in [4.69, 9.17) is 0 Å². The molecule has 0 amide bonds. The molecule has 0 spiro atoms. The zero-order chi connectivity index (χ0) is 20.6. The SMILES string of the molecule is Cc1ccc(C)n1-c1ccc(/C=C/C2CC2)c([C@H](C)NS(=O)C(C)(C)C)c1F. The van der Waals surface area contributed by atoms with E-state index in [9.17, 15) is 4.21 Å². The topological polar surface area (TPSA) is 34.0 Å². The van der Waals surface area contributed by atoms with Gasteiger partial charge in [-0.1, -0.05) is 18.2 Å². The fourth-order valence-electron chi connectivity index (χ4n) is 3.33. The number of aryl methyl sites for hydroxylation is 2. The van der Waals surface area contributed by atoms with E-state index in [0.717, 1.165) is 17.0 Å². The summed E-state index contributed by atoms with van der Waals surface area (Å²) < 4.78 is 33.0. The number of rotatable bonds is 6. The molecule has 0 saturated heterocycles. The normalized spacial score (nSPS) is 17.2. The van der Waals surface area contributed by atoms with E-state index in [2.05, 4.69) is 10.8 Å². The van der Waals surface area contributed by atoms with Gasteiger partial charge in [0.25, 0.3) is 0 Å².